The van der Waals surface area contributed by atoms with E-state index in [4.69, 9.17) is 9.84 Å². The molecule has 8 heteroatoms. The molecule has 0 aliphatic rings. The molecule has 0 saturated heterocycles. The number of carboxylic acids is 1. The first-order valence-corrected chi connectivity index (χ1v) is 6.76. The van der Waals surface area contributed by atoms with Crippen molar-refractivity contribution in [2.45, 2.75) is 45.1 Å². The summed E-state index contributed by atoms with van der Waals surface area (Å²) < 4.78 is 43.6. The van der Waals surface area contributed by atoms with E-state index in [-0.39, 0.29) is 5.56 Å². The highest BCUT2D eigenvalue weighted by molar-refractivity contribution is 5.98. The summed E-state index contributed by atoms with van der Waals surface area (Å²) in [5.74, 6) is -2.58. The van der Waals surface area contributed by atoms with Crippen molar-refractivity contribution in [2.24, 2.45) is 0 Å². The zero-order chi connectivity index (χ0) is 17.8. The van der Waals surface area contributed by atoms with Crippen molar-refractivity contribution >= 4 is 11.9 Å². The second-order valence-electron chi connectivity index (χ2n) is 5.84. The number of benzene rings is 1. The SMILES string of the molecule is CC(C)(C)OC(=O)C(NCc1ccccc1C(F)(F)F)C(=O)O. The van der Waals surface area contributed by atoms with E-state index in [2.05, 4.69) is 5.32 Å². The molecular formula is C15H18F3NO4. The Morgan fingerprint density at radius 2 is 1.78 bits per heavy atom. The predicted octanol–water partition coefficient (Wildman–Crippen LogP) is 2.59. The van der Waals surface area contributed by atoms with Crippen LogP contribution in [0.15, 0.2) is 24.3 Å². The summed E-state index contributed by atoms with van der Waals surface area (Å²) in [5, 5.41) is 11.4. The number of carbonyl (C=O) groups excluding carboxylic acids is 1. The van der Waals surface area contributed by atoms with Crippen molar-refractivity contribution in [1.82, 2.24) is 5.32 Å². The molecule has 0 radical (unpaired) electrons. The number of rotatable bonds is 5. The number of nitrogens with one attached hydrogen (secondary N) is 1. The molecule has 1 aromatic carbocycles. The molecule has 0 aliphatic heterocycles. The molecule has 128 valence electrons. The minimum absolute atomic E-state index is 0.158. The molecule has 0 bridgehead atoms. The van der Waals surface area contributed by atoms with Crippen molar-refractivity contribution in [3.05, 3.63) is 35.4 Å². The molecule has 1 aromatic rings. The van der Waals surface area contributed by atoms with Crippen LogP contribution in [0.25, 0.3) is 0 Å². The van der Waals surface area contributed by atoms with E-state index < -0.39 is 41.9 Å². The lowest BCUT2D eigenvalue weighted by Gasteiger charge is -2.23. The molecule has 1 unspecified atom stereocenters. The van der Waals surface area contributed by atoms with E-state index in [1.807, 2.05) is 0 Å². The molecular weight excluding hydrogens is 315 g/mol. The van der Waals surface area contributed by atoms with Gasteiger partial charge in [0.1, 0.15) is 5.60 Å². The van der Waals surface area contributed by atoms with Crippen LogP contribution in [-0.4, -0.2) is 28.7 Å². The highest BCUT2D eigenvalue weighted by Gasteiger charge is 2.34. The van der Waals surface area contributed by atoms with Crippen molar-refractivity contribution in [1.29, 1.82) is 0 Å². The Bertz CT molecular complexity index is 579. The Morgan fingerprint density at radius 1 is 1.22 bits per heavy atom. The lowest BCUT2D eigenvalue weighted by Crippen LogP contribution is -2.46. The number of halogens is 3. The quantitative estimate of drug-likeness (QED) is 0.640. The number of hydrogen-bond donors (Lipinski definition) is 2. The number of carboxylic acid groups (broad SMARTS) is 1. The predicted molar refractivity (Wildman–Crippen MR) is 75.6 cm³/mol. The van der Waals surface area contributed by atoms with Crippen molar-refractivity contribution in [3.8, 4) is 0 Å². The molecule has 5 nitrogen and oxygen atoms in total. The van der Waals surface area contributed by atoms with E-state index in [9.17, 15) is 22.8 Å². The van der Waals surface area contributed by atoms with E-state index in [1.165, 1.54) is 18.2 Å². The number of hydrogen-bond acceptors (Lipinski definition) is 4. The topological polar surface area (TPSA) is 75.6 Å². The lowest BCUT2D eigenvalue weighted by atomic mass is 10.1. The second-order valence-corrected chi connectivity index (χ2v) is 5.84. The van der Waals surface area contributed by atoms with Crippen LogP contribution in [0.2, 0.25) is 0 Å². The third-order valence-electron chi connectivity index (χ3n) is 2.71. The molecule has 0 fully saturated rings. The van der Waals surface area contributed by atoms with Crippen molar-refractivity contribution < 1.29 is 32.6 Å². The van der Waals surface area contributed by atoms with Gasteiger partial charge in [0.15, 0.2) is 0 Å². The second kappa shape index (κ2) is 6.99. The van der Waals surface area contributed by atoms with Crippen LogP contribution in [0, 0.1) is 0 Å². The van der Waals surface area contributed by atoms with E-state index in [0.717, 1.165) is 6.07 Å². The van der Waals surface area contributed by atoms with Gasteiger partial charge in [-0.1, -0.05) is 18.2 Å². The Kier molecular flexibility index (Phi) is 5.76. The highest BCUT2D eigenvalue weighted by atomic mass is 19.4. The zero-order valence-corrected chi connectivity index (χ0v) is 12.9. The van der Waals surface area contributed by atoms with Crippen LogP contribution in [0.1, 0.15) is 31.9 Å². The average molecular weight is 333 g/mol. The van der Waals surface area contributed by atoms with Crippen LogP contribution >= 0.6 is 0 Å². The normalized spacial score (nSPS) is 13.5. The third kappa shape index (κ3) is 5.90. The first-order valence-electron chi connectivity index (χ1n) is 6.76. The Balaban J connectivity index is 2.89. The van der Waals surface area contributed by atoms with Gasteiger partial charge < -0.3 is 9.84 Å². The van der Waals surface area contributed by atoms with Gasteiger partial charge in [-0.15, -0.1) is 0 Å². The van der Waals surface area contributed by atoms with Gasteiger partial charge in [-0.05, 0) is 32.4 Å². The van der Waals surface area contributed by atoms with Gasteiger partial charge >= 0.3 is 18.1 Å². The first kappa shape index (κ1) is 19.0. The molecule has 1 rings (SSSR count). The molecule has 0 aromatic heterocycles. The summed E-state index contributed by atoms with van der Waals surface area (Å²) in [6, 6.07) is 2.98. The van der Waals surface area contributed by atoms with E-state index in [0.29, 0.717) is 0 Å². The van der Waals surface area contributed by atoms with Crippen LogP contribution in [0.3, 0.4) is 0 Å². The summed E-state index contributed by atoms with van der Waals surface area (Å²) in [6.07, 6.45) is -4.57. The fourth-order valence-corrected chi connectivity index (χ4v) is 1.80. The molecule has 0 spiro atoms. The molecule has 0 aliphatic carbocycles. The molecule has 0 heterocycles. The maximum absolute atomic E-state index is 12.9. The van der Waals surface area contributed by atoms with Crippen LogP contribution in [-0.2, 0) is 27.0 Å². The summed E-state index contributed by atoms with van der Waals surface area (Å²) in [7, 11) is 0. The summed E-state index contributed by atoms with van der Waals surface area (Å²) in [5.41, 5.74) is -1.95. The van der Waals surface area contributed by atoms with Gasteiger partial charge in [0.2, 0.25) is 6.04 Å². The molecule has 1 atom stereocenters. The smallest absolute Gasteiger partial charge is 0.416 e. The lowest BCUT2D eigenvalue weighted by molar-refractivity contribution is -0.163. The first-order chi connectivity index (χ1) is 10.4. The standard InChI is InChI=1S/C15H18F3NO4/c1-14(2,3)23-13(22)11(12(20)21)19-8-9-6-4-5-7-10(9)15(16,17)18/h4-7,11,19H,8H2,1-3H3,(H,20,21). The van der Waals surface area contributed by atoms with Crippen LogP contribution < -0.4 is 5.32 Å². The minimum atomic E-state index is -4.57. The van der Waals surface area contributed by atoms with Gasteiger partial charge in [-0.25, -0.2) is 9.59 Å². The maximum atomic E-state index is 12.9. The molecule has 23 heavy (non-hydrogen) atoms. The average Bonchev–Trinajstić information content (AvgIpc) is 2.35. The monoisotopic (exact) mass is 333 g/mol. The summed E-state index contributed by atoms with van der Waals surface area (Å²) in [6.45, 7) is 4.24. The number of esters is 1. The van der Waals surface area contributed by atoms with Gasteiger partial charge in [0, 0.05) is 6.54 Å². The van der Waals surface area contributed by atoms with E-state index in [1.54, 1.807) is 20.8 Å². The zero-order valence-electron chi connectivity index (χ0n) is 12.9. The number of ether oxygens (including phenoxy) is 1. The third-order valence-corrected chi connectivity index (χ3v) is 2.71. The van der Waals surface area contributed by atoms with Crippen molar-refractivity contribution in [3.63, 3.8) is 0 Å². The van der Waals surface area contributed by atoms with Crippen molar-refractivity contribution in [2.75, 3.05) is 0 Å². The van der Waals surface area contributed by atoms with Crippen LogP contribution in [0.4, 0.5) is 13.2 Å². The molecule has 2 N–H and O–H groups in total. The van der Waals surface area contributed by atoms with Gasteiger partial charge in [0.05, 0.1) is 5.56 Å². The van der Waals surface area contributed by atoms with Gasteiger partial charge in [-0.3, -0.25) is 5.32 Å². The minimum Gasteiger partial charge on any atom is -0.480 e. The molecule has 0 saturated carbocycles. The Labute approximate surface area is 131 Å². The highest BCUT2D eigenvalue weighted by Crippen LogP contribution is 2.31. The fourth-order valence-electron chi connectivity index (χ4n) is 1.80. The van der Waals surface area contributed by atoms with Crippen LogP contribution in [0.5, 0.6) is 0 Å². The van der Waals surface area contributed by atoms with E-state index >= 15 is 0 Å². The maximum Gasteiger partial charge on any atom is 0.416 e. The Morgan fingerprint density at radius 3 is 2.26 bits per heavy atom. The Hall–Kier alpha value is -2.09. The fraction of sp³-hybridized carbons (Fsp3) is 0.467. The van der Waals surface area contributed by atoms with Gasteiger partial charge in [0.25, 0.3) is 0 Å². The number of carbonyl (C=O) groups is 2. The van der Waals surface area contributed by atoms with Gasteiger partial charge in [-0.2, -0.15) is 13.2 Å². The number of alkyl halides is 3. The largest absolute Gasteiger partial charge is 0.480 e. The summed E-state index contributed by atoms with van der Waals surface area (Å²) >= 11 is 0. The molecule has 0 amide bonds. The summed E-state index contributed by atoms with van der Waals surface area (Å²) in [4.78, 5) is 23.0. The number of aliphatic carboxylic acids is 1.